The molecule has 0 spiro atoms. The number of fused-ring (bicyclic) bond motifs is 1. The third-order valence-electron chi connectivity index (χ3n) is 3.58. The summed E-state index contributed by atoms with van der Waals surface area (Å²) in [5.41, 5.74) is 2.84. The predicted molar refractivity (Wildman–Crippen MR) is 91.7 cm³/mol. The Morgan fingerprint density at radius 3 is 2.54 bits per heavy atom. The van der Waals surface area contributed by atoms with Gasteiger partial charge in [-0.25, -0.2) is 0 Å². The van der Waals surface area contributed by atoms with Crippen molar-refractivity contribution in [2.75, 3.05) is 0 Å². The summed E-state index contributed by atoms with van der Waals surface area (Å²) >= 11 is 1.40. The molecule has 0 radical (unpaired) electrons. The molecular weight excluding hydrogens is 322 g/mol. The van der Waals surface area contributed by atoms with Crippen molar-refractivity contribution in [3.05, 3.63) is 71.5 Å². The predicted octanol–water partition coefficient (Wildman–Crippen LogP) is 2.78. The molecule has 0 aliphatic carbocycles. The van der Waals surface area contributed by atoms with Crippen molar-refractivity contribution in [3.8, 4) is 11.1 Å². The number of aromatic nitrogens is 4. The highest BCUT2D eigenvalue weighted by Crippen LogP contribution is 2.19. The molecule has 4 rings (SSSR count). The third-order valence-corrected chi connectivity index (χ3v) is 4.50. The normalized spacial score (nSPS) is 10.8. The van der Waals surface area contributed by atoms with Crippen LogP contribution in [0.4, 0.5) is 0 Å². The smallest absolute Gasteiger partial charge is 0.251 e. The quantitative estimate of drug-likeness (QED) is 0.622. The van der Waals surface area contributed by atoms with Crippen molar-refractivity contribution in [1.82, 2.24) is 25.1 Å². The van der Waals surface area contributed by atoms with Crippen LogP contribution in [0.1, 0.15) is 15.4 Å². The highest BCUT2D eigenvalue weighted by molar-refractivity contribution is 7.16. The average molecular weight is 335 g/mol. The van der Waals surface area contributed by atoms with E-state index in [0.717, 1.165) is 16.1 Å². The number of hydrogen-bond acceptors (Lipinski definition) is 5. The first-order valence-electron chi connectivity index (χ1n) is 7.39. The van der Waals surface area contributed by atoms with Gasteiger partial charge in [0.05, 0.1) is 6.54 Å². The third kappa shape index (κ3) is 2.89. The lowest BCUT2D eigenvalue weighted by atomic mass is 10.0. The molecule has 0 aliphatic rings. The lowest BCUT2D eigenvalue weighted by Gasteiger charge is -2.05. The fourth-order valence-electron chi connectivity index (χ4n) is 2.38. The van der Waals surface area contributed by atoms with Gasteiger partial charge in [-0.2, -0.15) is 9.61 Å². The maximum Gasteiger partial charge on any atom is 0.251 e. The van der Waals surface area contributed by atoms with Gasteiger partial charge in [-0.3, -0.25) is 4.79 Å². The van der Waals surface area contributed by atoms with E-state index >= 15 is 0 Å². The average Bonchev–Trinajstić information content (AvgIpc) is 3.22. The summed E-state index contributed by atoms with van der Waals surface area (Å²) in [5, 5.41) is 15.6. The van der Waals surface area contributed by atoms with Gasteiger partial charge in [0.2, 0.25) is 4.96 Å². The van der Waals surface area contributed by atoms with Crippen LogP contribution in [0.2, 0.25) is 0 Å². The number of benzene rings is 2. The Hall–Kier alpha value is -3.06. The maximum absolute atomic E-state index is 12.3. The molecule has 0 saturated heterocycles. The van der Waals surface area contributed by atoms with Gasteiger partial charge < -0.3 is 5.32 Å². The number of nitrogens with zero attached hydrogens (tertiary/aromatic N) is 4. The number of rotatable bonds is 4. The van der Waals surface area contributed by atoms with E-state index in [1.165, 1.54) is 11.3 Å². The summed E-state index contributed by atoms with van der Waals surface area (Å²) in [7, 11) is 0. The van der Waals surface area contributed by atoms with Gasteiger partial charge in [0, 0.05) is 5.56 Å². The van der Waals surface area contributed by atoms with Crippen LogP contribution in [0.15, 0.2) is 60.9 Å². The number of carbonyl (C=O) groups excluding carboxylic acids is 1. The first kappa shape index (κ1) is 14.5. The van der Waals surface area contributed by atoms with Crippen LogP contribution in [0, 0.1) is 0 Å². The molecule has 7 heteroatoms. The summed E-state index contributed by atoms with van der Waals surface area (Å²) in [6.07, 6.45) is 1.54. The van der Waals surface area contributed by atoms with Gasteiger partial charge in [-0.1, -0.05) is 53.8 Å². The van der Waals surface area contributed by atoms with Crippen molar-refractivity contribution >= 4 is 22.2 Å². The molecule has 6 nitrogen and oxygen atoms in total. The summed E-state index contributed by atoms with van der Waals surface area (Å²) in [5.74, 6) is -0.124. The molecule has 1 N–H and O–H groups in total. The molecule has 24 heavy (non-hydrogen) atoms. The lowest BCUT2D eigenvalue weighted by molar-refractivity contribution is 0.0951. The molecule has 0 bridgehead atoms. The zero-order chi connectivity index (χ0) is 16.4. The minimum atomic E-state index is -0.124. The number of nitrogens with one attached hydrogen (secondary N) is 1. The summed E-state index contributed by atoms with van der Waals surface area (Å²) < 4.78 is 1.60. The maximum atomic E-state index is 12.3. The lowest BCUT2D eigenvalue weighted by Crippen LogP contribution is -2.22. The van der Waals surface area contributed by atoms with Crippen LogP contribution in [-0.4, -0.2) is 25.7 Å². The summed E-state index contributed by atoms with van der Waals surface area (Å²) in [6, 6.07) is 17.6. The van der Waals surface area contributed by atoms with E-state index in [1.807, 2.05) is 54.6 Å². The Balaban J connectivity index is 1.43. The monoisotopic (exact) mass is 335 g/mol. The SMILES string of the molecule is O=C(NCc1nn2cnnc2s1)c1ccc(-c2ccccc2)cc1. The van der Waals surface area contributed by atoms with Gasteiger partial charge in [-0.05, 0) is 23.3 Å². The molecule has 4 aromatic rings. The molecule has 0 saturated carbocycles. The molecule has 2 aromatic carbocycles. The standard InChI is InChI=1S/C17H13N5OS/c23-16(18-10-15-21-22-11-19-20-17(22)24-15)14-8-6-13(7-9-14)12-4-2-1-3-5-12/h1-9,11H,10H2,(H,18,23). The molecule has 2 aromatic heterocycles. The zero-order valence-electron chi connectivity index (χ0n) is 12.6. The number of hydrogen-bond donors (Lipinski definition) is 1. The van der Waals surface area contributed by atoms with E-state index < -0.39 is 0 Å². The van der Waals surface area contributed by atoms with Crippen LogP contribution in [0.25, 0.3) is 16.1 Å². The van der Waals surface area contributed by atoms with E-state index in [4.69, 9.17) is 0 Å². The van der Waals surface area contributed by atoms with Gasteiger partial charge in [0.15, 0.2) is 0 Å². The Bertz CT molecular complexity index is 947. The van der Waals surface area contributed by atoms with Crippen molar-refractivity contribution in [3.63, 3.8) is 0 Å². The zero-order valence-corrected chi connectivity index (χ0v) is 13.4. The van der Waals surface area contributed by atoms with Crippen LogP contribution in [0.5, 0.6) is 0 Å². The minimum absolute atomic E-state index is 0.124. The Morgan fingerprint density at radius 1 is 1.04 bits per heavy atom. The van der Waals surface area contributed by atoms with Crippen LogP contribution in [-0.2, 0) is 6.54 Å². The second kappa shape index (κ2) is 6.21. The van der Waals surface area contributed by atoms with Crippen molar-refractivity contribution in [2.45, 2.75) is 6.54 Å². The molecule has 0 aliphatic heterocycles. The van der Waals surface area contributed by atoms with Gasteiger partial charge in [-0.15, -0.1) is 10.2 Å². The largest absolute Gasteiger partial charge is 0.345 e. The molecule has 118 valence electrons. The van der Waals surface area contributed by atoms with Gasteiger partial charge in [0.1, 0.15) is 11.3 Å². The van der Waals surface area contributed by atoms with Crippen LogP contribution >= 0.6 is 11.3 Å². The minimum Gasteiger partial charge on any atom is -0.345 e. The van der Waals surface area contributed by atoms with Gasteiger partial charge >= 0.3 is 0 Å². The summed E-state index contributed by atoms with van der Waals surface area (Å²) in [6.45, 7) is 0.368. The van der Waals surface area contributed by atoms with E-state index in [0.29, 0.717) is 17.1 Å². The highest BCUT2D eigenvalue weighted by Gasteiger charge is 2.09. The Kier molecular flexibility index (Phi) is 3.76. The van der Waals surface area contributed by atoms with Crippen molar-refractivity contribution < 1.29 is 4.79 Å². The Morgan fingerprint density at radius 2 is 1.79 bits per heavy atom. The number of carbonyl (C=O) groups is 1. The number of amides is 1. The van der Waals surface area contributed by atoms with Crippen molar-refractivity contribution in [1.29, 1.82) is 0 Å². The Labute approximate surface area is 141 Å². The van der Waals surface area contributed by atoms with Crippen LogP contribution in [0.3, 0.4) is 0 Å². The second-order valence-electron chi connectivity index (χ2n) is 5.18. The van der Waals surface area contributed by atoms with E-state index in [2.05, 4.69) is 20.6 Å². The van der Waals surface area contributed by atoms with Crippen LogP contribution < -0.4 is 5.32 Å². The summed E-state index contributed by atoms with van der Waals surface area (Å²) in [4.78, 5) is 13.0. The highest BCUT2D eigenvalue weighted by atomic mass is 32.1. The van der Waals surface area contributed by atoms with Gasteiger partial charge in [0.25, 0.3) is 5.91 Å². The molecule has 1 amide bonds. The fraction of sp³-hybridized carbons (Fsp3) is 0.0588. The topological polar surface area (TPSA) is 72.2 Å². The molecule has 0 fully saturated rings. The molecule has 2 heterocycles. The molecule has 0 atom stereocenters. The van der Waals surface area contributed by atoms with E-state index in [-0.39, 0.29) is 5.91 Å². The molecular formula is C17H13N5OS. The molecule has 0 unspecified atom stereocenters. The van der Waals surface area contributed by atoms with E-state index in [1.54, 1.807) is 10.8 Å². The first-order valence-corrected chi connectivity index (χ1v) is 8.21. The van der Waals surface area contributed by atoms with Crippen molar-refractivity contribution in [2.24, 2.45) is 0 Å². The first-order chi connectivity index (χ1) is 11.8. The second-order valence-corrected chi connectivity index (χ2v) is 6.22. The van der Waals surface area contributed by atoms with E-state index in [9.17, 15) is 4.79 Å². The fourth-order valence-corrected chi connectivity index (χ4v) is 3.13.